The van der Waals surface area contributed by atoms with E-state index in [4.69, 9.17) is 9.47 Å². The summed E-state index contributed by atoms with van der Waals surface area (Å²) in [5.41, 5.74) is 1.56. The smallest absolute Gasteiger partial charge is 0.356 e. The van der Waals surface area contributed by atoms with Crippen LogP contribution in [0.25, 0.3) is 21.8 Å². The van der Waals surface area contributed by atoms with E-state index >= 15 is 0 Å². The normalized spacial score (nSPS) is 14.7. The van der Waals surface area contributed by atoms with E-state index in [-0.39, 0.29) is 24.4 Å². The standard InChI is InChI=1S/C25H22F3N3O3/c26-19-6-5-16(23(27)24(19)28)15-31-21-4-2-1-3-17(21)18-13-20(29-14-22(18)31)25(32)34-12-9-30-7-10-33-11-8-30/h1-6,13-14H,7-12,15H2. The fourth-order valence-corrected chi connectivity index (χ4v) is 4.25. The molecule has 176 valence electrons. The number of halogens is 3. The molecule has 0 aliphatic carbocycles. The number of carbonyl (C=O) groups is 1. The highest BCUT2D eigenvalue weighted by Gasteiger charge is 2.19. The summed E-state index contributed by atoms with van der Waals surface area (Å²) in [6, 6.07) is 11.2. The van der Waals surface area contributed by atoms with Crippen molar-refractivity contribution >= 4 is 27.8 Å². The van der Waals surface area contributed by atoms with E-state index in [0.717, 1.165) is 35.4 Å². The SMILES string of the molecule is O=C(OCCN1CCOCC1)c1cc2c3ccccc3n(Cc3ccc(F)c(F)c3F)c2cn1. The van der Waals surface area contributed by atoms with Crippen molar-refractivity contribution in [1.29, 1.82) is 0 Å². The van der Waals surface area contributed by atoms with E-state index in [1.807, 2.05) is 24.3 Å². The van der Waals surface area contributed by atoms with Crippen LogP contribution in [0.2, 0.25) is 0 Å². The minimum absolute atomic E-state index is 0.00755. The van der Waals surface area contributed by atoms with Crippen molar-refractivity contribution in [2.45, 2.75) is 6.54 Å². The second-order valence-electron chi connectivity index (χ2n) is 8.11. The number of rotatable bonds is 6. The van der Waals surface area contributed by atoms with Gasteiger partial charge in [-0.1, -0.05) is 24.3 Å². The highest BCUT2D eigenvalue weighted by molar-refractivity contribution is 6.09. The first-order chi connectivity index (χ1) is 16.5. The molecule has 2 aromatic heterocycles. The molecule has 1 saturated heterocycles. The largest absolute Gasteiger partial charge is 0.460 e. The van der Waals surface area contributed by atoms with Crippen molar-refractivity contribution < 1.29 is 27.4 Å². The van der Waals surface area contributed by atoms with Gasteiger partial charge in [0.05, 0.1) is 31.5 Å². The summed E-state index contributed by atoms with van der Waals surface area (Å²) in [6.07, 6.45) is 1.52. The molecule has 6 nitrogen and oxygen atoms in total. The summed E-state index contributed by atoms with van der Waals surface area (Å²) in [5.74, 6) is -4.49. The van der Waals surface area contributed by atoms with E-state index in [2.05, 4.69) is 9.88 Å². The van der Waals surface area contributed by atoms with E-state index in [1.165, 1.54) is 12.3 Å². The van der Waals surface area contributed by atoms with Gasteiger partial charge in [0.2, 0.25) is 0 Å². The number of aromatic nitrogens is 2. The maximum absolute atomic E-state index is 14.4. The highest BCUT2D eigenvalue weighted by atomic mass is 19.2. The molecule has 0 radical (unpaired) electrons. The third-order valence-corrected chi connectivity index (χ3v) is 6.06. The predicted octanol–water partition coefficient (Wildman–Crippen LogP) is 4.14. The van der Waals surface area contributed by atoms with Crippen molar-refractivity contribution in [2.75, 3.05) is 39.5 Å². The maximum atomic E-state index is 14.4. The molecule has 0 atom stereocenters. The number of morpholine rings is 1. The summed E-state index contributed by atoms with van der Waals surface area (Å²) in [6.45, 7) is 3.79. The van der Waals surface area contributed by atoms with Crippen molar-refractivity contribution in [1.82, 2.24) is 14.5 Å². The lowest BCUT2D eigenvalue weighted by Crippen LogP contribution is -2.38. The molecule has 9 heteroatoms. The van der Waals surface area contributed by atoms with Crippen LogP contribution < -0.4 is 0 Å². The lowest BCUT2D eigenvalue weighted by Gasteiger charge is -2.26. The zero-order valence-electron chi connectivity index (χ0n) is 18.3. The Morgan fingerprint density at radius 3 is 2.62 bits per heavy atom. The molecule has 0 saturated carbocycles. The quantitative estimate of drug-likeness (QED) is 0.314. The minimum Gasteiger partial charge on any atom is -0.460 e. The second kappa shape index (κ2) is 9.44. The number of para-hydroxylation sites is 1. The van der Waals surface area contributed by atoms with Gasteiger partial charge in [0, 0.05) is 41.5 Å². The van der Waals surface area contributed by atoms with Gasteiger partial charge in [0.15, 0.2) is 17.5 Å². The van der Waals surface area contributed by atoms with Crippen LogP contribution in [0.4, 0.5) is 13.2 Å². The molecule has 2 aromatic carbocycles. The Balaban J connectivity index is 1.43. The Morgan fingerprint density at radius 2 is 1.79 bits per heavy atom. The van der Waals surface area contributed by atoms with Crippen LogP contribution in [-0.2, 0) is 16.0 Å². The van der Waals surface area contributed by atoms with Gasteiger partial charge in [-0.2, -0.15) is 0 Å². The molecule has 0 N–H and O–H groups in total. The van der Waals surface area contributed by atoms with Gasteiger partial charge in [0.25, 0.3) is 0 Å². The van der Waals surface area contributed by atoms with Crippen LogP contribution >= 0.6 is 0 Å². The van der Waals surface area contributed by atoms with Gasteiger partial charge in [-0.15, -0.1) is 0 Å². The molecule has 1 aliphatic rings. The molecular weight excluding hydrogens is 447 g/mol. The fourth-order valence-electron chi connectivity index (χ4n) is 4.25. The molecule has 1 aliphatic heterocycles. The van der Waals surface area contributed by atoms with E-state index < -0.39 is 23.4 Å². The van der Waals surface area contributed by atoms with Gasteiger partial charge in [-0.25, -0.2) is 22.9 Å². The second-order valence-corrected chi connectivity index (χ2v) is 8.11. The van der Waals surface area contributed by atoms with Gasteiger partial charge in [0.1, 0.15) is 12.3 Å². The highest BCUT2D eigenvalue weighted by Crippen LogP contribution is 2.30. The van der Waals surface area contributed by atoms with Crippen LogP contribution in [0, 0.1) is 17.5 Å². The lowest BCUT2D eigenvalue weighted by molar-refractivity contribution is 0.0193. The first-order valence-corrected chi connectivity index (χ1v) is 11.0. The number of hydrogen-bond acceptors (Lipinski definition) is 5. The van der Waals surface area contributed by atoms with Crippen LogP contribution in [0.15, 0.2) is 48.7 Å². The number of carbonyl (C=O) groups excluding carboxylic acids is 1. The first kappa shape index (κ1) is 22.4. The first-order valence-electron chi connectivity index (χ1n) is 11.0. The van der Waals surface area contributed by atoms with Crippen molar-refractivity contribution in [3.05, 3.63) is 77.4 Å². The van der Waals surface area contributed by atoms with Crippen LogP contribution in [0.1, 0.15) is 16.1 Å². The number of esters is 1. The molecule has 34 heavy (non-hydrogen) atoms. The molecule has 1 fully saturated rings. The molecule has 5 rings (SSSR count). The zero-order chi connectivity index (χ0) is 23.7. The molecule has 0 bridgehead atoms. The summed E-state index contributed by atoms with van der Waals surface area (Å²) >= 11 is 0. The number of pyridine rings is 1. The molecule has 0 spiro atoms. The van der Waals surface area contributed by atoms with E-state index in [0.29, 0.717) is 25.3 Å². The summed E-state index contributed by atoms with van der Waals surface area (Å²) in [7, 11) is 0. The molecule has 0 unspecified atom stereocenters. The van der Waals surface area contributed by atoms with Crippen LogP contribution in [-0.4, -0.2) is 59.9 Å². The van der Waals surface area contributed by atoms with Crippen molar-refractivity contribution in [2.24, 2.45) is 0 Å². The average molecular weight is 469 g/mol. The fraction of sp³-hybridized carbons (Fsp3) is 0.280. The van der Waals surface area contributed by atoms with Crippen molar-refractivity contribution in [3.8, 4) is 0 Å². The third-order valence-electron chi connectivity index (χ3n) is 6.06. The molecule has 3 heterocycles. The Hall–Kier alpha value is -3.43. The number of hydrogen-bond donors (Lipinski definition) is 0. The minimum atomic E-state index is -1.50. The number of benzene rings is 2. The number of ether oxygens (including phenoxy) is 2. The van der Waals surface area contributed by atoms with Gasteiger partial charge < -0.3 is 14.0 Å². The Labute approximate surface area is 193 Å². The van der Waals surface area contributed by atoms with Gasteiger partial charge in [-0.3, -0.25) is 4.90 Å². The van der Waals surface area contributed by atoms with E-state index in [9.17, 15) is 18.0 Å². The van der Waals surface area contributed by atoms with Gasteiger partial charge in [-0.05, 0) is 18.2 Å². The lowest BCUT2D eigenvalue weighted by atomic mass is 10.1. The third kappa shape index (κ3) is 4.24. The van der Waals surface area contributed by atoms with Gasteiger partial charge >= 0.3 is 5.97 Å². The summed E-state index contributed by atoms with van der Waals surface area (Å²) in [4.78, 5) is 19.0. The Morgan fingerprint density at radius 1 is 1.00 bits per heavy atom. The van der Waals surface area contributed by atoms with E-state index in [1.54, 1.807) is 10.6 Å². The van der Waals surface area contributed by atoms with Crippen LogP contribution in [0.5, 0.6) is 0 Å². The maximum Gasteiger partial charge on any atom is 0.356 e. The monoisotopic (exact) mass is 469 g/mol. The number of fused-ring (bicyclic) bond motifs is 3. The van der Waals surface area contributed by atoms with Crippen LogP contribution in [0.3, 0.4) is 0 Å². The summed E-state index contributed by atoms with van der Waals surface area (Å²) < 4.78 is 54.0. The molecule has 4 aromatic rings. The predicted molar refractivity (Wildman–Crippen MR) is 120 cm³/mol. The Kier molecular flexibility index (Phi) is 6.21. The zero-order valence-corrected chi connectivity index (χ0v) is 18.3. The Bertz CT molecular complexity index is 1370. The topological polar surface area (TPSA) is 56.6 Å². The van der Waals surface area contributed by atoms with Crippen molar-refractivity contribution in [3.63, 3.8) is 0 Å². The molecular formula is C25H22F3N3O3. The summed E-state index contributed by atoms with van der Waals surface area (Å²) in [5, 5.41) is 1.55. The number of nitrogens with zero attached hydrogens (tertiary/aromatic N) is 3. The molecule has 0 amide bonds. The average Bonchev–Trinajstić information content (AvgIpc) is 3.18.